The van der Waals surface area contributed by atoms with E-state index in [2.05, 4.69) is 66.0 Å². The molecule has 0 saturated carbocycles. The normalized spacial score (nSPS) is 21.4. The Labute approximate surface area is 157 Å². The van der Waals surface area contributed by atoms with E-state index in [1.807, 2.05) is 0 Å². The van der Waals surface area contributed by atoms with Crippen molar-refractivity contribution in [1.29, 1.82) is 0 Å². The molecule has 0 amide bonds. The lowest BCUT2D eigenvalue weighted by Crippen LogP contribution is -2.39. The molecule has 1 aromatic heterocycles. The summed E-state index contributed by atoms with van der Waals surface area (Å²) in [4.78, 5) is 13.7. The van der Waals surface area contributed by atoms with Crippen LogP contribution in [-0.4, -0.2) is 42.8 Å². The lowest BCUT2D eigenvalue weighted by molar-refractivity contribution is 0.0395. The second kappa shape index (κ2) is 7.70. The standard InChI is InChI=1S/C19H23BrN4O/c20-16-6-4-15(5-7-16)17-13-24(10-11-25-17)19-12-18(21-14-22-19)23-8-2-1-3-9-23/h4-7,12,14,17H,1-3,8-11,13H2. The fraction of sp³-hybridized carbons (Fsp3) is 0.474. The number of halogens is 1. The number of benzene rings is 1. The fourth-order valence-electron chi connectivity index (χ4n) is 3.54. The summed E-state index contributed by atoms with van der Waals surface area (Å²) in [5, 5.41) is 0. The molecule has 2 aromatic rings. The molecule has 4 rings (SSSR count). The van der Waals surface area contributed by atoms with Crippen LogP contribution in [0.5, 0.6) is 0 Å². The Morgan fingerprint density at radius 2 is 1.64 bits per heavy atom. The summed E-state index contributed by atoms with van der Waals surface area (Å²) < 4.78 is 7.08. The molecule has 1 atom stereocenters. The Balaban J connectivity index is 1.50. The van der Waals surface area contributed by atoms with Gasteiger partial charge >= 0.3 is 0 Å². The van der Waals surface area contributed by atoms with Gasteiger partial charge in [-0.1, -0.05) is 28.1 Å². The first kappa shape index (κ1) is 16.8. The third kappa shape index (κ3) is 3.96. The summed E-state index contributed by atoms with van der Waals surface area (Å²) >= 11 is 3.49. The van der Waals surface area contributed by atoms with Gasteiger partial charge in [0.25, 0.3) is 0 Å². The molecule has 1 aromatic carbocycles. The third-order valence-electron chi connectivity index (χ3n) is 4.95. The van der Waals surface area contributed by atoms with Crippen LogP contribution in [0, 0.1) is 0 Å². The van der Waals surface area contributed by atoms with E-state index in [4.69, 9.17) is 4.74 Å². The number of hydrogen-bond acceptors (Lipinski definition) is 5. The monoisotopic (exact) mass is 402 g/mol. The highest BCUT2D eigenvalue weighted by molar-refractivity contribution is 9.10. The van der Waals surface area contributed by atoms with E-state index in [0.29, 0.717) is 6.61 Å². The number of morpholine rings is 1. The summed E-state index contributed by atoms with van der Waals surface area (Å²) in [5.74, 6) is 2.05. The first-order chi connectivity index (χ1) is 12.3. The van der Waals surface area contributed by atoms with Gasteiger partial charge in [-0.05, 0) is 37.0 Å². The Morgan fingerprint density at radius 1 is 0.920 bits per heavy atom. The van der Waals surface area contributed by atoms with Crippen LogP contribution >= 0.6 is 15.9 Å². The molecule has 0 spiro atoms. The predicted molar refractivity (Wildman–Crippen MR) is 103 cm³/mol. The van der Waals surface area contributed by atoms with E-state index in [9.17, 15) is 0 Å². The average molecular weight is 403 g/mol. The summed E-state index contributed by atoms with van der Waals surface area (Å²) in [6, 6.07) is 10.5. The number of piperidine rings is 1. The molecule has 0 N–H and O–H groups in total. The maximum atomic E-state index is 5.99. The maximum Gasteiger partial charge on any atom is 0.134 e. The lowest BCUT2D eigenvalue weighted by Gasteiger charge is -2.34. The van der Waals surface area contributed by atoms with Gasteiger partial charge in [0, 0.05) is 36.7 Å². The zero-order valence-corrected chi connectivity index (χ0v) is 15.9. The van der Waals surface area contributed by atoms with Gasteiger partial charge in [0.15, 0.2) is 0 Å². The predicted octanol–water partition coefficient (Wildman–Crippen LogP) is 3.81. The van der Waals surface area contributed by atoms with E-state index >= 15 is 0 Å². The second-order valence-electron chi connectivity index (χ2n) is 6.64. The van der Waals surface area contributed by atoms with Crippen LogP contribution < -0.4 is 9.80 Å². The van der Waals surface area contributed by atoms with Crippen LogP contribution in [0.3, 0.4) is 0 Å². The molecule has 0 aliphatic carbocycles. The van der Waals surface area contributed by atoms with Crippen molar-refractivity contribution in [3.05, 3.63) is 46.7 Å². The van der Waals surface area contributed by atoms with E-state index in [-0.39, 0.29) is 6.10 Å². The molecule has 1 unspecified atom stereocenters. The Morgan fingerprint density at radius 3 is 2.40 bits per heavy atom. The maximum absolute atomic E-state index is 5.99. The van der Waals surface area contributed by atoms with Gasteiger partial charge in [-0.15, -0.1) is 0 Å². The minimum atomic E-state index is 0.0789. The minimum absolute atomic E-state index is 0.0789. The molecule has 5 nitrogen and oxygen atoms in total. The zero-order valence-electron chi connectivity index (χ0n) is 14.3. The molecule has 2 fully saturated rings. The highest BCUT2D eigenvalue weighted by Crippen LogP contribution is 2.28. The number of aromatic nitrogens is 2. The molecule has 0 radical (unpaired) electrons. The number of ether oxygens (including phenoxy) is 1. The Bertz CT molecular complexity index is 703. The largest absolute Gasteiger partial charge is 0.370 e. The van der Waals surface area contributed by atoms with Gasteiger partial charge < -0.3 is 14.5 Å². The summed E-state index contributed by atoms with van der Waals surface area (Å²) in [5.41, 5.74) is 1.21. The molecule has 2 aliphatic heterocycles. The van der Waals surface area contributed by atoms with Crippen LogP contribution in [0.2, 0.25) is 0 Å². The average Bonchev–Trinajstić information content (AvgIpc) is 2.69. The van der Waals surface area contributed by atoms with E-state index in [1.165, 1.54) is 24.8 Å². The van der Waals surface area contributed by atoms with Gasteiger partial charge in [-0.3, -0.25) is 0 Å². The van der Waals surface area contributed by atoms with Crippen LogP contribution in [-0.2, 0) is 4.74 Å². The topological polar surface area (TPSA) is 41.5 Å². The van der Waals surface area contributed by atoms with Crippen molar-refractivity contribution in [2.45, 2.75) is 25.4 Å². The van der Waals surface area contributed by atoms with Crippen LogP contribution in [0.1, 0.15) is 30.9 Å². The second-order valence-corrected chi connectivity index (χ2v) is 7.55. The number of hydrogen-bond donors (Lipinski definition) is 0. The quantitative estimate of drug-likeness (QED) is 0.780. The number of anilines is 2. The molecule has 2 saturated heterocycles. The summed E-state index contributed by atoms with van der Waals surface area (Å²) in [6.07, 6.45) is 5.61. The summed E-state index contributed by atoms with van der Waals surface area (Å²) in [6.45, 7) is 4.59. The van der Waals surface area contributed by atoms with Crippen molar-refractivity contribution in [3.8, 4) is 0 Å². The molecular weight excluding hydrogens is 380 g/mol. The molecule has 6 heteroatoms. The number of nitrogens with zero attached hydrogens (tertiary/aromatic N) is 4. The van der Waals surface area contributed by atoms with Gasteiger partial charge in [-0.25, -0.2) is 9.97 Å². The van der Waals surface area contributed by atoms with Crippen molar-refractivity contribution in [2.75, 3.05) is 42.6 Å². The van der Waals surface area contributed by atoms with Gasteiger partial charge in [0.1, 0.15) is 24.1 Å². The van der Waals surface area contributed by atoms with Crippen molar-refractivity contribution in [3.63, 3.8) is 0 Å². The first-order valence-corrected chi connectivity index (χ1v) is 9.78. The lowest BCUT2D eigenvalue weighted by atomic mass is 10.1. The third-order valence-corrected chi connectivity index (χ3v) is 5.48. The molecular formula is C19H23BrN4O. The van der Waals surface area contributed by atoms with E-state index in [0.717, 1.165) is 42.3 Å². The van der Waals surface area contributed by atoms with E-state index in [1.54, 1.807) is 6.33 Å². The molecule has 2 aliphatic rings. The summed E-state index contributed by atoms with van der Waals surface area (Å²) in [7, 11) is 0. The molecule has 3 heterocycles. The minimum Gasteiger partial charge on any atom is -0.370 e. The van der Waals surface area contributed by atoms with Crippen molar-refractivity contribution in [2.24, 2.45) is 0 Å². The van der Waals surface area contributed by atoms with Crippen LogP contribution in [0.15, 0.2) is 41.1 Å². The van der Waals surface area contributed by atoms with Gasteiger partial charge in [-0.2, -0.15) is 0 Å². The Kier molecular flexibility index (Phi) is 5.17. The van der Waals surface area contributed by atoms with Crippen LogP contribution in [0.25, 0.3) is 0 Å². The van der Waals surface area contributed by atoms with Gasteiger partial charge in [0.05, 0.1) is 6.61 Å². The van der Waals surface area contributed by atoms with Crippen molar-refractivity contribution >= 4 is 27.6 Å². The molecule has 132 valence electrons. The van der Waals surface area contributed by atoms with Crippen molar-refractivity contribution in [1.82, 2.24) is 9.97 Å². The Hall–Kier alpha value is -1.66. The smallest absolute Gasteiger partial charge is 0.134 e. The van der Waals surface area contributed by atoms with E-state index < -0.39 is 0 Å². The molecule has 25 heavy (non-hydrogen) atoms. The number of rotatable bonds is 3. The fourth-order valence-corrected chi connectivity index (χ4v) is 3.81. The molecule has 0 bridgehead atoms. The highest BCUT2D eigenvalue weighted by Gasteiger charge is 2.24. The first-order valence-electron chi connectivity index (χ1n) is 8.98. The van der Waals surface area contributed by atoms with Crippen LogP contribution in [0.4, 0.5) is 11.6 Å². The SMILES string of the molecule is Brc1ccc(C2CN(c3cc(N4CCCCC4)ncn3)CCO2)cc1. The highest BCUT2D eigenvalue weighted by atomic mass is 79.9. The van der Waals surface area contributed by atoms with Gasteiger partial charge in [0.2, 0.25) is 0 Å². The van der Waals surface area contributed by atoms with Crippen molar-refractivity contribution < 1.29 is 4.74 Å². The zero-order chi connectivity index (χ0) is 17.1.